The van der Waals surface area contributed by atoms with Crippen molar-refractivity contribution >= 4 is 17.9 Å². The summed E-state index contributed by atoms with van der Waals surface area (Å²) >= 11 is 0. The van der Waals surface area contributed by atoms with E-state index in [1.54, 1.807) is 49.9 Å². The molecule has 2 aliphatic rings. The first-order valence-electron chi connectivity index (χ1n) is 15.4. The number of aromatic hydroxyl groups is 1. The number of aryl methyl sites for hydroxylation is 2. The first-order chi connectivity index (χ1) is 19.9. The van der Waals surface area contributed by atoms with E-state index in [9.17, 15) is 19.5 Å². The van der Waals surface area contributed by atoms with Gasteiger partial charge in [-0.2, -0.15) is 0 Å². The molecule has 3 amide bonds. The fourth-order valence-electron chi connectivity index (χ4n) is 5.96. The molecule has 0 saturated heterocycles. The number of phenolic OH excluding ortho intramolecular Hbond substituents is 1. The van der Waals surface area contributed by atoms with E-state index in [1.807, 2.05) is 32.0 Å². The molecular formula is C34H47N3O5. The summed E-state index contributed by atoms with van der Waals surface area (Å²) in [5, 5.41) is 15.9. The maximum Gasteiger partial charge on any atom is 0.408 e. The molecule has 4 rings (SSSR count). The number of amides is 3. The third-order valence-corrected chi connectivity index (χ3v) is 8.29. The molecule has 2 aromatic rings. The predicted molar refractivity (Wildman–Crippen MR) is 163 cm³/mol. The molecule has 228 valence electrons. The van der Waals surface area contributed by atoms with Crippen molar-refractivity contribution in [1.82, 2.24) is 15.5 Å². The molecule has 42 heavy (non-hydrogen) atoms. The van der Waals surface area contributed by atoms with Gasteiger partial charge < -0.3 is 25.4 Å². The van der Waals surface area contributed by atoms with Gasteiger partial charge in [0.15, 0.2) is 0 Å². The van der Waals surface area contributed by atoms with E-state index in [1.165, 1.54) is 6.42 Å². The molecule has 0 bridgehead atoms. The average molecular weight is 578 g/mol. The van der Waals surface area contributed by atoms with Gasteiger partial charge in [0.25, 0.3) is 0 Å². The maximum absolute atomic E-state index is 14.7. The Balaban J connectivity index is 1.73. The monoisotopic (exact) mass is 577 g/mol. The molecule has 3 N–H and O–H groups in total. The number of rotatable bonds is 9. The van der Waals surface area contributed by atoms with Gasteiger partial charge in [0.05, 0.1) is 0 Å². The van der Waals surface area contributed by atoms with Crippen LogP contribution in [0, 0.1) is 13.8 Å². The van der Waals surface area contributed by atoms with Crippen molar-refractivity contribution in [3.05, 3.63) is 64.7 Å². The highest BCUT2D eigenvalue weighted by Gasteiger charge is 2.43. The third-order valence-electron chi connectivity index (χ3n) is 8.29. The second-order valence-corrected chi connectivity index (χ2v) is 13.0. The Bertz CT molecular complexity index is 1240. The van der Waals surface area contributed by atoms with Crippen molar-refractivity contribution in [1.29, 1.82) is 0 Å². The van der Waals surface area contributed by atoms with E-state index in [4.69, 9.17) is 4.74 Å². The summed E-state index contributed by atoms with van der Waals surface area (Å²) < 4.78 is 5.54. The number of benzene rings is 2. The van der Waals surface area contributed by atoms with E-state index in [0.29, 0.717) is 0 Å². The van der Waals surface area contributed by atoms with Crippen LogP contribution in [0.5, 0.6) is 5.75 Å². The number of ether oxygens (including phenoxy) is 1. The summed E-state index contributed by atoms with van der Waals surface area (Å²) in [5.41, 5.74) is 2.86. The predicted octanol–water partition coefficient (Wildman–Crippen LogP) is 6.02. The molecule has 8 nitrogen and oxygen atoms in total. The van der Waals surface area contributed by atoms with Gasteiger partial charge in [-0.3, -0.25) is 9.59 Å². The summed E-state index contributed by atoms with van der Waals surface area (Å²) in [7, 11) is 0. The number of hydrogen-bond acceptors (Lipinski definition) is 5. The lowest BCUT2D eigenvalue weighted by Crippen LogP contribution is -2.58. The molecule has 0 spiro atoms. The Morgan fingerprint density at radius 2 is 1.62 bits per heavy atom. The Morgan fingerprint density at radius 3 is 2.19 bits per heavy atom. The topological polar surface area (TPSA) is 108 Å². The van der Waals surface area contributed by atoms with Crippen molar-refractivity contribution in [2.45, 2.75) is 122 Å². The van der Waals surface area contributed by atoms with Crippen LogP contribution in [0.1, 0.15) is 100 Å². The summed E-state index contributed by atoms with van der Waals surface area (Å²) in [6.07, 6.45) is 7.27. The first-order valence-corrected chi connectivity index (χ1v) is 15.4. The van der Waals surface area contributed by atoms with Gasteiger partial charge in [-0.15, -0.1) is 0 Å². The molecule has 2 unspecified atom stereocenters. The van der Waals surface area contributed by atoms with E-state index in [-0.39, 0.29) is 36.1 Å². The highest BCUT2D eigenvalue weighted by atomic mass is 16.6. The van der Waals surface area contributed by atoms with Crippen molar-refractivity contribution in [3.63, 3.8) is 0 Å². The van der Waals surface area contributed by atoms with E-state index in [2.05, 4.69) is 10.6 Å². The number of alkyl carbamates (subject to hydrolysis) is 1. The second-order valence-electron chi connectivity index (χ2n) is 13.0. The number of carbonyl (C=O) groups excluding carboxylic acids is 3. The molecule has 0 radical (unpaired) electrons. The summed E-state index contributed by atoms with van der Waals surface area (Å²) in [6, 6.07) is 10.8. The summed E-state index contributed by atoms with van der Waals surface area (Å²) in [6.45, 7) is 9.32. The first kappa shape index (κ1) is 31.4. The number of hydrogen-bond donors (Lipinski definition) is 3. The Kier molecular flexibility index (Phi) is 10.2. The minimum Gasteiger partial charge on any atom is -0.508 e. The van der Waals surface area contributed by atoms with Crippen LogP contribution < -0.4 is 10.6 Å². The van der Waals surface area contributed by atoms with E-state index < -0.39 is 23.8 Å². The van der Waals surface area contributed by atoms with Gasteiger partial charge in [0.2, 0.25) is 11.8 Å². The minimum absolute atomic E-state index is 0.0885. The Morgan fingerprint density at radius 1 is 0.952 bits per heavy atom. The molecule has 2 aliphatic carbocycles. The lowest BCUT2D eigenvalue weighted by atomic mass is 9.86. The van der Waals surface area contributed by atoms with Gasteiger partial charge in [-0.05, 0) is 95.5 Å². The van der Waals surface area contributed by atoms with Crippen LogP contribution in [0.4, 0.5) is 4.79 Å². The van der Waals surface area contributed by atoms with Crippen LogP contribution in [-0.2, 0) is 20.7 Å². The highest BCUT2D eigenvalue weighted by Crippen LogP contribution is 2.36. The SMILES string of the molecule is Cc1ccc(C(C(=O)NC2CCCCC2)N(C(=O)C(Cc2ccc(O)cc2)NC(=O)OC(C)(C)C)C2CCC2)c(C)c1. The van der Waals surface area contributed by atoms with Gasteiger partial charge >= 0.3 is 6.09 Å². The molecule has 0 aliphatic heterocycles. The zero-order valence-electron chi connectivity index (χ0n) is 25.7. The molecule has 0 heterocycles. The zero-order chi connectivity index (χ0) is 30.4. The zero-order valence-corrected chi connectivity index (χ0v) is 25.7. The van der Waals surface area contributed by atoms with Crippen molar-refractivity contribution in [2.75, 3.05) is 0 Å². The van der Waals surface area contributed by atoms with Gasteiger partial charge in [0.1, 0.15) is 23.4 Å². The van der Waals surface area contributed by atoms with Crippen LogP contribution in [0.15, 0.2) is 42.5 Å². The smallest absolute Gasteiger partial charge is 0.408 e. The fraction of sp³-hybridized carbons (Fsp3) is 0.559. The van der Waals surface area contributed by atoms with Crippen LogP contribution in [0.25, 0.3) is 0 Å². The molecule has 0 aromatic heterocycles. The highest BCUT2D eigenvalue weighted by molar-refractivity contribution is 5.93. The lowest BCUT2D eigenvalue weighted by molar-refractivity contribution is -0.147. The normalized spacial score (nSPS) is 17.5. The number of nitrogens with one attached hydrogen (secondary N) is 2. The molecule has 2 atom stereocenters. The molecule has 2 aromatic carbocycles. The van der Waals surface area contributed by atoms with Gasteiger partial charge in [-0.25, -0.2) is 4.79 Å². The van der Waals surface area contributed by atoms with Crippen LogP contribution in [0.3, 0.4) is 0 Å². The largest absolute Gasteiger partial charge is 0.508 e. The molecular weight excluding hydrogens is 530 g/mol. The van der Waals surface area contributed by atoms with Gasteiger partial charge in [0, 0.05) is 18.5 Å². The fourth-order valence-corrected chi connectivity index (χ4v) is 5.96. The standard InChI is InChI=1S/C34H47N3O5/c1-22-14-19-28(23(2)20-22)30(31(39)35-25-10-7-6-8-11-25)37(26-12-9-13-26)32(40)29(36-33(41)42-34(3,4)5)21-24-15-17-27(38)18-16-24/h14-20,25-26,29-30,38H,6-13,21H2,1-5H3,(H,35,39)(H,36,41). The van der Waals surface area contributed by atoms with Crippen molar-refractivity contribution < 1.29 is 24.2 Å². The summed E-state index contributed by atoms with van der Waals surface area (Å²) in [5.74, 6) is -0.371. The molecule has 2 fully saturated rings. The van der Waals surface area contributed by atoms with Crippen molar-refractivity contribution in [2.24, 2.45) is 0 Å². The maximum atomic E-state index is 14.7. The molecule has 8 heteroatoms. The minimum atomic E-state index is -0.972. The summed E-state index contributed by atoms with van der Waals surface area (Å²) in [4.78, 5) is 43.6. The third kappa shape index (κ3) is 8.26. The quantitative estimate of drug-likeness (QED) is 0.338. The average Bonchev–Trinajstić information content (AvgIpc) is 2.88. The van der Waals surface area contributed by atoms with Crippen molar-refractivity contribution in [3.8, 4) is 5.75 Å². The molecule has 2 saturated carbocycles. The van der Waals surface area contributed by atoms with Crippen LogP contribution in [0.2, 0.25) is 0 Å². The van der Waals surface area contributed by atoms with E-state index in [0.717, 1.165) is 67.2 Å². The van der Waals surface area contributed by atoms with Gasteiger partial charge in [-0.1, -0.05) is 55.2 Å². The number of nitrogens with zero attached hydrogens (tertiary/aromatic N) is 1. The van der Waals surface area contributed by atoms with E-state index >= 15 is 0 Å². The second kappa shape index (κ2) is 13.6. The Hall–Kier alpha value is -3.55. The lowest BCUT2D eigenvalue weighted by Gasteiger charge is -2.44. The Labute approximate surface area is 250 Å². The van der Waals surface area contributed by atoms with Crippen LogP contribution in [-0.4, -0.2) is 51.6 Å². The van der Waals surface area contributed by atoms with Crippen LogP contribution >= 0.6 is 0 Å². The number of phenols is 1. The number of carbonyl (C=O) groups is 3.